The van der Waals surface area contributed by atoms with Gasteiger partial charge in [-0.1, -0.05) is 18.2 Å². The molecule has 338 valence electrons. The van der Waals surface area contributed by atoms with Gasteiger partial charge < -0.3 is 54.9 Å². The molecule has 0 bridgehead atoms. The van der Waals surface area contributed by atoms with Gasteiger partial charge in [0.2, 0.25) is 11.5 Å². The van der Waals surface area contributed by atoms with Gasteiger partial charge in [-0.2, -0.15) is 0 Å². The molecule has 0 fully saturated rings. The third-order valence-electron chi connectivity index (χ3n) is 12.7. The summed E-state index contributed by atoms with van der Waals surface area (Å²) in [5, 5.41) is 66.3. The van der Waals surface area contributed by atoms with E-state index in [9.17, 15) is 30.6 Å². The van der Waals surface area contributed by atoms with Gasteiger partial charge in [0.05, 0.1) is 39.5 Å². The highest BCUT2D eigenvalue weighted by Crippen LogP contribution is 2.46. The topological polar surface area (TPSA) is 195 Å². The molecular formula is C50H51N3O12. The van der Waals surface area contributed by atoms with Crippen molar-refractivity contribution in [1.29, 1.82) is 0 Å². The smallest absolute Gasteiger partial charge is 0.220 e. The number of ether oxygens (including phenoxy) is 4. The van der Waals surface area contributed by atoms with Crippen molar-refractivity contribution in [2.75, 3.05) is 54.7 Å². The molecule has 9 rings (SSSR count). The highest BCUT2D eigenvalue weighted by Gasteiger charge is 2.34. The Kier molecular flexibility index (Phi) is 11.8. The van der Waals surface area contributed by atoms with E-state index in [1.165, 1.54) is 18.2 Å². The van der Waals surface area contributed by atoms with Crippen LogP contribution in [0.15, 0.2) is 91.0 Å². The first-order valence-corrected chi connectivity index (χ1v) is 21.3. The van der Waals surface area contributed by atoms with Gasteiger partial charge in [-0.05, 0) is 149 Å². The molecule has 3 aliphatic rings. The molecule has 65 heavy (non-hydrogen) atoms. The van der Waals surface area contributed by atoms with Crippen LogP contribution < -0.4 is 34.0 Å². The van der Waals surface area contributed by atoms with Gasteiger partial charge in [0.1, 0.15) is 6.73 Å². The summed E-state index contributed by atoms with van der Waals surface area (Å²) in [6.07, 6.45) is 2.09. The van der Waals surface area contributed by atoms with Gasteiger partial charge in [0, 0.05) is 19.6 Å². The SMILES string of the molecule is COc1cc2c(cc1OC)C(c1ccc(OOc3cc4c(cc3O)C(c3ccc(O)c(O)c3)NCC4)c(O)c1)N(COc1cc3c(cc1OC)CCN(C)C3c1ccc(O)c(O)c1)CC2. The average Bonchev–Trinajstić information content (AvgIpc) is 3.31. The molecule has 6 aromatic carbocycles. The average molecular weight is 886 g/mol. The van der Waals surface area contributed by atoms with E-state index in [0.29, 0.717) is 54.5 Å². The van der Waals surface area contributed by atoms with E-state index in [1.807, 2.05) is 43.4 Å². The lowest BCUT2D eigenvalue weighted by Gasteiger charge is -2.38. The first kappa shape index (κ1) is 43.1. The number of hydrogen-bond donors (Lipinski definition) is 7. The summed E-state index contributed by atoms with van der Waals surface area (Å²) in [4.78, 5) is 15.7. The summed E-state index contributed by atoms with van der Waals surface area (Å²) < 4.78 is 24.0. The first-order valence-electron chi connectivity index (χ1n) is 21.3. The van der Waals surface area contributed by atoms with Crippen molar-refractivity contribution in [3.63, 3.8) is 0 Å². The second-order valence-corrected chi connectivity index (χ2v) is 16.5. The number of phenols is 6. The quantitative estimate of drug-likeness (QED) is 0.0373. The second-order valence-electron chi connectivity index (χ2n) is 16.5. The Balaban J connectivity index is 0.992. The molecule has 15 heteroatoms. The number of nitrogens with zero attached hydrogens (tertiary/aromatic N) is 2. The summed E-state index contributed by atoms with van der Waals surface area (Å²) in [5.74, 6) is 1.15. The largest absolute Gasteiger partial charge is 0.504 e. The summed E-state index contributed by atoms with van der Waals surface area (Å²) in [6, 6.07) is 24.8. The predicted molar refractivity (Wildman–Crippen MR) is 239 cm³/mol. The molecule has 3 aliphatic heterocycles. The van der Waals surface area contributed by atoms with E-state index in [4.69, 9.17) is 28.7 Å². The van der Waals surface area contributed by atoms with E-state index in [0.717, 1.165) is 57.5 Å². The molecule has 3 unspecified atom stereocenters. The molecule has 0 spiro atoms. The number of benzene rings is 6. The maximum absolute atomic E-state index is 11.5. The Labute approximate surface area is 375 Å². The lowest BCUT2D eigenvalue weighted by atomic mass is 9.87. The van der Waals surface area contributed by atoms with Crippen molar-refractivity contribution in [3.8, 4) is 69.0 Å². The molecule has 6 aromatic rings. The Hall–Kier alpha value is -7.20. The Morgan fingerprint density at radius 3 is 1.71 bits per heavy atom. The van der Waals surface area contributed by atoms with Crippen molar-refractivity contribution in [1.82, 2.24) is 15.1 Å². The van der Waals surface area contributed by atoms with Crippen molar-refractivity contribution >= 4 is 0 Å². The van der Waals surface area contributed by atoms with E-state index in [2.05, 4.69) is 15.1 Å². The standard InChI is InChI=1S/C50H51N3O12/c1-52-15-12-28-22-45(61-3)47(25-34(28)49(52)31-6-9-37(55)39(57)18-31)63-26-53-16-13-29-21-44(60-2)46(62-4)24-35(29)50(53)32-7-10-42(40(58)19-32)64-65-43-20-27-11-14-51-48(33(27)23-41(43)59)30-5-8-36(54)38(56)17-30/h5-10,17-25,48-51,54-59H,11-16,26H2,1-4H3. The summed E-state index contributed by atoms with van der Waals surface area (Å²) in [5.41, 5.74) is 8.02. The van der Waals surface area contributed by atoms with E-state index in [1.54, 1.807) is 57.7 Å². The number of nitrogens with one attached hydrogen (secondary N) is 1. The van der Waals surface area contributed by atoms with Crippen LogP contribution in [-0.4, -0.2) is 95.2 Å². The zero-order valence-corrected chi connectivity index (χ0v) is 36.4. The number of likely N-dealkylation sites (N-methyl/N-ethyl adjacent to an activating group) is 1. The number of phenolic OH excluding ortho intramolecular Hbond substituents is 6. The van der Waals surface area contributed by atoms with E-state index >= 15 is 0 Å². The zero-order valence-electron chi connectivity index (χ0n) is 36.4. The maximum atomic E-state index is 11.5. The maximum Gasteiger partial charge on any atom is 0.220 e. The van der Waals surface area contributed by atoms with Gasteiger partial charge in [-0.3, -0.25) is 19.6 Å². The summed E-state index contributed by atoms with van der Waals surface area (Å²) >= 11 is 0. The van der Waals surface area contributed by atoms with Crippen LogP contribution in [0.25, 0.3) is 0 Å². The molecule has 0 saturated heterocycles. The first-order chi connectivity index (χ1) is 31.4. The van der Waals surface area contributed by atoms with Crippen LogP contribution in [0.2, 0.25) is 0 Å². The predicted octanol–water partition coefficient (Wildman–Crippen LogP) is 7.12. The number of aromatic hydroxyl groups is 6. The van der Waals surface area contributed by atoms with Crippen LogP contribution >= 0.6 is 0 Å². The van der Waals surface area contributed by atoms with Gasteiger partial charge in [-0.25, -0.2) is 0 Å². The van der Waals surface area contributed by atoms with Crippen molar-refractivity contribution in [2.24, 2.45) is 0 Å². The van der Waals surface area contributed by atoms with Gasteiger partial charge in [-0.15, -0.1) is 0 Å². The summed E-state index contributed by atoms with van der Waals surface area (Å²) in [7, 11) is 6.83. The molecule has 3 heterocycles. The van der Waals surface area contributed by atoms with Crippen molar-refractivity contribution in [3.05, 3.63) is 141 Å². The molecule has 0 aromatic heterocycles. The lowest BCUT2D eigenvalue weighted by molar-refractivity contribution is -0.103. The minimum absolute atomic E-state index is 0.0244. The second kappa shape index (κ2) is 17.8. The fourth-order valence-corrected chi connectivity index (χ4v) is 9.37. The molecule has 0 aliphatic carbocycles. The monoisotopic (exact) mass is 885 g/mol. The highest BCUT2D eigenvalue weighted by atomic mass is 17.2. The third kappa shape index (κ3) is 8.25. The molecule has 0 amide bonds. The Bertz CT molecular complexity index is 2760. The van der Waals surface area contributed by atoms with Crippen LogP contribution in [0.1, 0.15) is 68.2 Å². The van der Waals surface area contributed by atoms with Crippen LogP contribution in [0.3, 0.4) is 0 Å². The lowest BCUT2D eigenvalue weighted by Crippen LogP contribution is -2.39. The molecule has 15 nitrogen and oxygen atoms in total. The molecule has 3 atom stereocenters. The number of fused-ring (bicyclic) bond motifs is 3. The normalized spacial score (nSPS) is 18.2. The molecular weight excluding hydrogens is 835 g/mol. The third-order valence-corrected chi connectivity index (χ3v) is 12.7. The number of hydrogen-bond acceptors (Lipinski definition) is 15. The van der Waals surface area contributed by atoms with E-state index in [-0.39, 0.29) is 64.8 Å². The fraction of sp³-hybridized carbons (Fsp3) is 0.280. The van der Waals surface area contributed by atoms with Crippen molar-refractivity contribution < 1.29 is 59.4 Å². The van der Waals surface area contributed by atoms with Crippen molar-refractivity contribution in [2.45, 2.75) is 37.4 Å². The summed E-state index contributed by atoms with van der Waals surface area (Å²) in [6.45, 7) is 2.12. The van der Waals surface area contributed by atoms with Crippen LogP contribution in [0.5, 0.6) is 69.0 Å². The van der Waals surface area contributed by atoms with Gasteiger partial charge >= 0.3 is 0 Å². The van der Waals surface area contributed by atoms with Crippen LogP contribution in [0.4, 0.5) is 0 Å². The van der Waals surface area contributed by atoms with Gasteiger partial charge in [0.15, 0.2) is 57.5 Å². The molecule has 0 saturated carbocycles. The van der Waals surface area contributed by atoms with Crippen LogP contribution in [-0.2, 0) is 19.3 Å². The van der Waals surface area contributed by atoms with Gasteiger partial charge in [0.25, 0.3) is 0 Å². The molecule has 7 N–H and O–H groups in total. The Morgan fingerprint density at radius 1 is 0.492 bits per heavy atom. The van der Waals surface area contributed by atoms with E-state index < -0.39 is 6.04 Å². The fourth-order valence-electron chi connectivity index (χ4n) is 9.37. The highest BCUT2D eigenvalue weighted by molar-refractivity contribution is 5.56. The zero-order chi connectivity index (χ0) is 45.5. The minimum atomic E-state index is -0.427. The number of rotatable bonds is 12. The van der Waals surface area contributed by atoms with Crippen LogP contribution in [0, 0.1) is 0 Å². The minimum Gasteiger partial charge on any atom is -0.504 e. The number of methoxy groups -OCH3 is 3. The Morgan fingerprint density at radius 2 is 1.02 bits per heavy atom. The molecule has 0 radical (unpaired) electrons.